The van der Waals surface area contributed by atoms with Gasteiger partial charge in [-0.05, 0) is 96.3 Å². The van der Waals surface area contributed by atoms with Crippen LogP contribution in [0.4, 0.5) is 0 Å². The average molecular weight is 917 g/mol. The molecular weight excluding hydrogens is 817 g/mol. The van der Waals surface area contributed by atoms with Crippen LogP contribution in [-0.4, -0.2) is 37.2 Å². The van der Waals surface area contributed by atoms with Gasteiger partial charge in [-0.2, -0.15) is 0 Å². The Hall–Kier alpha value is -3.67. The maximum absolute atomic E-state index is 12.8. The molecule has 0 spiro atoms. The van der Waals surface area contributed by atoms with E-state index in [9.17, 15) is 14.4 Å². The Labute approximate surface area is 407 Å². The maximum atomic E-state index is 12.8. The van der Waals surface area contributed by atoms with Crippen molar-refractivity contribution < 1.29 is 28.6 Å². The van der Waals surface area contributed by atoms with E-state index in [4.69, 9.17) is 14.2 Å². The minimum absolute atomic E-state index is 0.0874. The fraction of sp³-hybridized carbons (Fsp3) is 0.683. The fourth-order valence-electron chi connectivity index (χ4n) is 7.31. The van der Waals surface area contributed by atoms with Crippen molar-refractivity contribution in [2.45, 2.75) is 252 Å². The molecule has 0 amide bonds. The molecule has 0 aliphatic carbocycles. The highest BCUT2D eigenvalue weighted by Gasteiger charge is 2.19. The molecule has 0 bridgehead atoms. The smallest absolute Gasteiger partial charge is 0.306 e. The monoisotopic (exact) mass is 917 g/mol. The predicted molar refractivity (Wildman–Crippen MR) is 284 cm³/mol. The van der Waals surface area contributed by atoms with Crippen LogP contribution < -0.4 is 0 Å². The van der Waals surface area contributed by atoms with E-state index in [0.29, 0.717) is 19.3 Å². The van der Waals surface area contributed by atoms with Gasteiger partial charge in [0.05, 0.1) is 0 Å². The zero-order valence-electron chi connectivity index (χ0n) is 42.9. The molecule has 0 N–H and O–H groups in total. The first-order valence-corrected chi connectivity index (χ1v) is 27.2. The number of carbonyl (C=O) groups excluding carboxylic acids is 3. The van der Waals surface area contributed by atoms with Crippen LogP contribution in [0.15, 0.2) is 97.2 Å². The Balaban J connectivity index is 4.35. The highest BCUT2D eigenvalue weighted by molar-refractivity contribution is 5.71. The van der Waals surface area contributed by atoms with Crippen molar-refractivity contribution in [3.05, 3.63) is 97.2 Å². The number of hydrogen-bond acceptors (Lipinski definition) is 6. The summed E-state index contributed by atoms with van der Waals surface area (Å²) in [7, 11) is 0. The molecule has 0 heterocycles. The van der Waals surface area contributed by atoms with E-state index in [2.05, 4.69) is 118 Å². The molecule has 0 aromatic heterocycles. The van der Waals surface area contributed by atoms with E-state index in [1.807, 2.05) is 0 Å². The Morgan fingerprint density at radius 3 is 0.924 bits per heavy atom. The number of esters is 3. The van der Waals surface area contributed by atoms with Crippen molar-refractivity contribution >= 4 is 17.9 Å². The van der Waals surface area contributed by atoms with Gasteiger partial charge < -0.3 is 14.2 Å². The van der Waals surface area contributed by atoms with Crippen molar-refractivity contribution in [2.75, 3.05) is 13.2 Å². The third-order valence-corrected chi connectivity index (χ3v) is 11.3. The molecule has 0 fully saturated rings. The minimum atomic E-state index is -0.790. The highest BCUT2D eigenvalue weighted by atomic mass is 16.6. The summed E-state index contributed by atoms with van der Waals surface area (Å²) in [5, 5.41) is 0. The first-order chi connectivity index (χ1) is 32.5. The van der Waals surface area contributed by atoms with Gasteiger partial charge in [-0.3, -0.25) is 14.4 Å². The molecule has 0 saturated carbocycles. The summed E-state index contributed by atoms with van der Waals surface area (Å²) in [6.45, 7) is 6.38. The Kier molecular flexibility index (Phi) is 50.9. The second-order valence-electron chi connectivity index (χ2n) is 17.7. The van der Waals surface area contributed by atoms with Crippen LogP contribution in [-0.2, 0) is 28.6 Å². The lowest BCUT2D eigenvalue weighted by molar-refractivity contribution is -0.167. The van der Waals surface area contributed by atoms with E-state index >= 15 is 0 Å². The lowest BCUT2D eigenvalue weighted by Crippen LogP contribution is -2.30. The van der Waals surface area contributed by atoms with Gasteiger partial charge in [0.15, 0.2) is 6.10 Å². The summed E-state index contributed by atoms with van der Waals surface area (Å²) in [5.74, 6) is -0.918. The van der Waals surface area contributed by atoms with Gasteiger partial charge in [-0.25, -0.2) is 0 Å². The number of carbonyl (C=O) groups is 3. The average Bonchev–Trinajstić information content (AvgIpc) is 3.31. The number of ether oxygens (including phenoxy) is 3. The number of hydrogen-bond donors (Lipinski definition) is 0. The van der Waals surface area contributed by atoms with Crippen LogP contribution in [0.3, 0.4) is 0 Å². The second kappa shape index (κ2) is 53.9. The lowest BCUT2D eigenvalue weighted by atomic mass is 10.1. The molecule has 0 aliphatic heterocycles. The summed E-state index contributed by atoms with van der Waals surface area (Å²) < 4.78 is 16.8. The molecule has 66 heavy (non-hydrogen) atoms. The van der Waals surface area contributed by atoms with Crippen molar-refractivity contribution in [1.29, 1.82) is 0 Å². The van der Waals surface area contributed by atoms with Gasteiger partial charge in [-0.15, -0.1) is 0 Å². The van der Waals surface area contributed by atoms with Crippen molar-refractivity contribution in [1.82, 2.24) is 0 Å². The van der Waals surface area contributed by atoms with Gasteiger partial charge in [0.2, 0.25) is 0 Å². The standard InChI is InChI=1S/C60H100O6/c1-4-7-10-13-16-19-22-24-26-27-28-29-30-31-32-33-35-36-38-41-44-47-50-53-59(62)65-56-57(55-64-58(61)52-49-46-43-40-21-18-15-12-9-6-3)66-60(63)54-51-48-45-42-39-37-34-25-23-20-17-14-11-8-5-2/h7-8,10-11,16-17,19-20,24-26,28-29,31-32,34,57H,4-6,9,12-15,18,21-23,27,30,33,35-56H2,1-3H3/b10-7-,11-8-,19-16-,20-17-,26-24-,29-28-,32-31-,34-25-. The molecule has 0 saturated heterocycles. The van der Waals surface area contributed by atoms with E-state index in [1.54, 1.807) is 0 Å². The van der Waals surface area contributed by atoms with Crippen molar-refractivity contribution in [2.24, 2.45) is 0 Å². The molecule has 0 aliphatic rings. The summed E-state index contributed by atoms with van der Waals surface area (Å²) >= 11 is 0. The van der Waals surface area contributed by atoms with Crippen molar-refractivity contribution in [3.8, 4) is 0 Å². The quantitative estimate of drug-likeness (QED) is 0.0262. The third kappa shape index (κ3) is 51.3. The molecule has 1 atom stereocenters. The van der Waals surface area contributed by atoms with Crippen LogP contribution in [0.2, 0.25) is 0 Å². The first-order valence-electron chi connectivity index (χ1n) is 27.2. The maximum Gasteiger partial charge on any atom is 0.306 e. The van der Waals surface area contributed by atoms with E-state index in [0.717, 1.165) is 135 Å². The summed E-state index contributed by atoms with van der Waals surface area (Å²) in [5.41, 5.74) is 0. The molecule has 0 aromatic carbocycles. The van der Waals surface area contributed by atoms with E-state index < -0.39 is 6.10 Å². The van der Waals surface area contributed by atoms with Gasteiger partial charge in [0, 0.05) is 19.3 Å². The Morgan fingerprint density at radius 2 is 0.591 bits per heavy atom. The Bertz CT molecular complexity index is 1330. The first kappa shape index (κ1) is 62.3. The molecule has 0 rings (SSSR count). The third-order valence-electron chi connectivity index (χ3n) is 11.3. The summed E-state index contributed by atoms with van der Waals surface area (Å²) in [6, 6.07) is 0. The Morgan fingerprint density at radius 1 is 0.318 bits per heavy atom. The largest absolute Gasteiger partial charge is 0.462 e. The molecular formula is C60H100O6. The van der Waals surface area contributed by atoms with Gasteiger partial charge in [0.1, 0.15) is 13.2 Å². The van der Waals surface area contributed by atoms with Gasteiger partial charge in [-0.1, -0.05) is 227 Å². The van der Waals surface area contributed by atoms with E-state index in [1.165, 1.54) is 70.6 Å². The second-order valence-corrected chi connectivity index (χ2v) is 17.7. The van der Waals surface area contributed by atoms with Gasteiger partial charge >= 0.3 is 17.9 Å². The molecule has 0 radical (unpaired) electrons. The topological polar surface area (TPSA) is 78.9 Å². The van der Waals surface area contributed by atoms with Crippen LogP contribution >= 0.6 is 0 Å². The van der Waals surface area contributed by atoms with Gasteiger partial charge in [0.25, 0.3) is 0 Å². The van der Waals surface area contributed by atoms with Crippen molar-refractivity contribution in [3.63, 3.8) is 0 Å². The molecule has 376 valence electrons. The fourth-order valence-corrected chi connectivity index (χ4v) is 7.31. The number of rotatable bonds is 48. The normalized spacial score (nSPS) is 12.8. The minimum Gasteiger partial charge on any atom is -0.462 e. The summed E-state index contributed by atoms with van der Waals surface area (Å²) in [4.78, 5) is 38.0. The number of allylic oxidation sites excluding steroid dienone is 16. The zero-order chi connectivity index (χ0) is 47.9. The van der Waals surface area contributed by atoms with Crippen LogP contribution in [0.5, 0.6) is 0 Å². The predicted octanol–water partition coefficient (Wildman–Crippen LogP) is 18.1. The highest BCUT2D eigenvalue weighted by Crippen LogP contribution is 2.14. The van der Waals surface area contributed by atoms with E-state index in [-0.39, 0.29) is 31.1 Å². The zero-order valence-corrected chi connectivity index (χ0v) is 42.9. The molecule has 6 nitrogen and oxygen atoms in total. The SMILES string of the molecule is CC/C=C\C/C=C\C/C=C\C/C=C\C/C=C\CCCCCCCCCC(=O)OCC(COC(=O)CCCCCCCCCCCC)OC(=O)CCCCCCC/C=C\C/C=C\C/C=C\CC. The summed E-state index contributed by atoms with van der Waals surface area (Å²) in [6.07, 6.45) is 71.1. The van der Waals surface area contributed by atoms with Crippen LogP contribution in [0.25, 0.3) is 0 Å². The molecule has 0 aromatic rings. The molecule has 6 heteroatoms. The van der Waals surface area contributed by atoms with Crippen LogP contribution in [0, 0.1) is 0 Å². The lowest BCUT2D eigenvalue weighted by Gasteiger charge is -2.18. The molecule has 1 unspecified atom stereocenters. The van der Waals surface area contributed by atoms with Crippen LogP contribution in [0.1, 0.15) is 245 Å². The number of unbranched alkanes of at least 4 members (excludes halogenated alkanes) is 21.